The molecule has 0 heteroatoms. The van der Waals surface area contributed by atoms with Gasteiger partial charge in [0.25, 0.3) is 0 Å². The fourth-order valence-electron chi connectivity index (χ4n) is 0.610. The van der Waals surface area contributed by atoms with E-state index in [0.717, 1.165) is 12.8 Å². The molecule has 0 bridgehead atoms. The lowest BCUT2D eigenvalue weighted by Gasteiger charge is -1.78. The predicted octanol–water partition coefficient (Wildman–Crippen LogP) is 3.48. The van der Waals surface area contributed by atoms with Gasteiger partial charge in [-0.05, 0) is 19.8 Å². The minimum atomic E-state index is 1.05. The van der Waals surface area contributed by atoms with Gasteiger partial charge < -0.3 is 0 Å². The van der Waals surface area contributed by atoms with E-state index in [9.17, 15) is 0 Å². The fraction of sp³-hybridized carbons (Fsp3) is 0.400. The van der Waals surface area contributed by atoms with Gasteiger partial charge in [-0.2, -0.15) is 0 Å². The summed E-state index contributed by atoms with van der Waals surface area (Å²) < 4.78 is 0. The summed E-state index contributed by atoms with van der Waals surface area (Å²) in [4.78, 5) is 0. The van der Waals surface area contributed by atoms with E-state index >= 15 is 0 Å². The highest BCUT2D eigenvalue weighted by atomic mass is 13.7. The molecule has 0 amide bonds. The summed E-state index contributed by atoms with van der Waals surface area (Å²) in [5.41, 5.74) is 0. The maximum atomic E-state index is 2.18. The molecule has 0 saturated carbocycles. The lowest BCUT2D eigenvalue weighted by atomic mass is 10.3. The van der Waals surface area contributed by atoms with Gasteiger partial charge in [-0.15, -0.1) is 0 Å². The van der Waals surface area contributed by atoms with Crippen LogP contribution in [0.25, 0.3) is 0 Å². The van der Waals surface area contributed by atoms with Crippen LogP contribution >= 0.6 is 0 Å². The molecule has 0 aromatic carbocycles. The zero-order valence-corrected chi connectivity index (χ0v) is 6.88. The fourth-order valence-corrected chi connectivity index (χ4v) is 0.610. The van der Waals surface area contributed by atoms with Crippen molar-refractivity contribution in [2.45, 2.75) is 26.7 Å². The molecule has 0 rings (SSSR count). The summed E-state index contributed by atoms with van der Waals surface area (Å²) in [6, 6.07) is 0. The first-order valence-electron chi connectivity index (χ1n) is 3.84. The Bertz CT molecular complexity index is 127. The van der Waals surface area contributed by atoms with Crippen molar-refractivity contribution >= 4 is 0 Å². The Labute approximate surface area is 64.0 Å². The van der Waals surface area contributed by atoms with Crippen molar-refractivity contribution in [1.29, 1.82) is 0 Å². The second-order valence-corrected chi connectivity index (χ2v) is 2.07. The molecule has 0 atom stereocenters. The molecule has 0 radical (unpaired) electrons. The van der Waals surface area contributed by atoms with Crippen LogP contribution in [0.2, 0.25) is 0 Å². The standard InChI is InChI=1S/C10H16/c1-3-5-7-9-10-8-6-4-2/h3,5-9H,4,10H2,1-2H3/b5-3+,8-6+,9-7-. The summed E-state index contributed by atoms with van der Waals surface area (Å²) >= 11 is 0. The lowest BCUT2D eigenvalue weighted by Crippen LogP contribution is -1.57. The zero-order chi connectivity index (χ0) is 7.66. The van der Waals surface area contributed by atoms with Crippen molar-refractivity contribution in [2.24, 2.45) is 0 Å². The summed E-state index contributed by atoms with van der Waals surface area (Å²) in [5, 5.41) is 0. The first-order chi connectivity index (χ1) is 4.91. The molecule has 10 heavy (non-hydrogen) atoms. The lowest BCUT2D eigenvalue weighted by molar-refractivity contribution is 1.20. The minimum absolute atomic E-state index is 1.05. The first-order valence-corrected chi connectivity index (χ1v) is 3.84. The highest BCUT2D eigenvalue weighted by Gasteiger charge is 1.67. The van der Waals surface area contributed by atoms with Crippen LogP contribution in [0.5, 0.6) is 0 Å². The Morgan fingerprint density at radius 1 is 1.00 bits per heavy atom. The summed E-state index contributed by atoms with van der Waals surface area (Å²) in [5.74, 6) is 0. The van der Waals surface area contributed by atoms with Crippen LogP contribution in [0.1, 0.15) is 26.7 Å². The second kappa shape index (κ2) is 8.22. The molecule has 0 N–H and O–H groups in total. The van der Waals surface area contributed by atoms with E-state index in [2.05, 4.69) is 31.2 Å². The van der Waals surface area contributed by atoms with Crippen LogP contribution in [0, 0.1) is 0 Å². The molecule has 0 aliphatic rings. The van der Waals surface area contributed by atoms with Gasteiger partial charge in [-0.1, -0.05) is 43.4 Å². The molecule has 0 fully saturated rings. The third kappa shape index (κ3) is 7.22. The van der Waals surface area contributed by atoms with Gasteiger partial charge in [0.2, 0.25) is 0 Å². The number of rotatable bonds is 4. The van der Waals surface area contributed by atoms with Crippen molar-refractivity contribution in [3.05, 3.63) is 36.5 Å². The predicted molar refractivity (Wildman–Crippen MR) is 48.0 cm³/mol. The molecular formula is C10H16. The quantitative estimate of drug-likeness (QED) is 0.410. The van der Waals surface area contributed by atoms with Crippen molar-refractivity contribution in [3.8, 4) is 0 Å². The minimum Gasteiger partial charge on any atom is -0.0885 e. The van der Waals surface area contributed by atoms with Gasteiger partial charge in [0.05, 0.1) is 0 Å². The van der Waals surface area contributed by atoms with Crippen LogP contribution in [-0.2, 0) is 0 Å². The third-order valence-electron chi connectivity index (χ3n) is 1.11. The summed E-state index contributed by atoms with van der Waals surface area (Å²) in [7, 11) is 0. The second-order valence-electron chi connectivity index (χ2n) is 2.07. The van der Waals surface area contributed by atoms with Gasteiger partial charge >= 0.3 is 0 Å². The van der Waals surface area contributed by atoms with Crippen LogP contribution < -0.4 is 0 Å². The third-order valence-corrected chi connectivity index (χ3v) is 1.11. The highest BCUT2D eigenvalue weighted by molar-refractivity contribution is 5.03. The molecule has 0 aliphatic carbocycles. The number of allylic oxidation sites excluding steroid dienone is 6. The Kier molecular flexibility index (Phi) is 7.58. The topological polar surface area (TPSA) is 0 Å². The molecule has 0 saturated heterocycles. The van der Waals surface area contributed by atoms with Crippen LogP contribution in [-0.4, -0.2) is 0 Å². The first kappa shape index (κ1) is 9.22. The van der Waals surface area contributed by atoms with Gasteiger partial charge in [0.1, 0.15) is 0 Å². The molecule has 0 heterocycles. The largest absolute Gasteiger partial charge is 0.0885 e. The molecule has 0 aromatic heterocycles. The highest BCUT2D eigenvalue weighted by Crippen LogP contribution is 1.88. The van der Waals surface area contributed by atoms with Crippen molar-refractivity contribution in [1.82, 2.24) is 0 Å². The smallest absolute Gasteiger partial charge is 0.0166 e. The Hall–Kier alpha value is -0.780. The molecular weight excluding hydrogens is 120 g/mol. The van der Waals surface area contributed by atoms with Gasteiger partial charge in [0.15, 0.2) is 0 Å². The van der Waals surface area contributed by atoms with Crippen molar-refractivity contribution in [2.75, 3.05) is 0 Å². The van der Waals surface area contributed by atoms with Crippen LogP contribution in [0.15, 0.2) is 36.5 Å². The van der Waals surface area contributed by atoms with E-state index in [4.69, 9.17) is 0 Å². The summed E-state index contributed by atoms with van der Waals surface area (Å²) in [6.45, 7) is 4.17. The number of hydrogen-bond donors (Lipinski definition) is 0. The molecule has 0 aliphatic heterocycles. The van der Waals surface area contributed by atoms with E-state index < -0.39 is 0 Å². The average molecular weight is 136 g/mol. The summed E-state index contributed by atoms with van der Waals surface area (Å²) in [6.07, 6.45) is 14.8. The Balaban J connectivity index is 3.26. The van der Waals surface area contributed by atoms with Crippen LogP contribution in [0.3, 0.4) is 0 Å². The van der Waals surface area contributed by atoms with E-state index in [1.165, 1.54) is 0 Å². The van der Waals surface area contributed by atoms with Crippen LogP contribution in [0.4, 0.5) is 0 Å². The molecule has 0 spiro atoms. The zero-order valence-electron chi connectivity index (χ0n) is 6.88. The van der Waals surface area contributed by atoms with Gasteiger partial charge in [-0.25, -0.2) is 0 Å². The molecule has 0 aromatic rings. The molecule has 0 nitrogen and oxygen atoms in total. The normalized spacial score (nSPS) is 12.6. The van der Waals surface area contributed by atoms with E-state index in [1.54, 1.807) is 0 Å². The van der Waals surface area contributed by atoms with E-state index in [-0.39, 0.29) is 0 Å². The van der Waals surface area contributed by atoms with Crippen molar-refractivity contribution < 1.29 is 0 Å². The molecule has 56 valence electrons. The van der Waals surface area contributed by atoms with Gasteiger partial charge in [0, 0.05) is 0 Å². The SMILES string of the molecule is C/C=C/C=C\C/C=C/CC. The average Bonchev–Trinajstić information content (AvgIpc) is 1.97. The molecule has 0 unspecified atom stereocenters. The Morgan fingerprint density at radius 2 is 1.80 bits per heavy atom. The van der Waals surface area contributed by atoms with E-state index in [1.807, 2.05) is 19.1 Å². The van der Waals surface area contributed by atoms with Crippen molar-refractivity contribution in [3.63, 3.8) is 0 Å². The van der Waals surface area contributed by atoms with E-state index in [0.29, 0.717) is 0 Å². The maximum absolute atomic E-state index is 2.18. The number of hydrogen-bond acceptors (Lipinski definition) is 0. The maximum Gasteiger partial charge on any atom is -0.0166 e. The monoisotopic (exact) mass is 136 g/mol. The van der Waals surface area contributed by atoms with Gasteiger partial charge in [-0.3, -0.25) is 0 Å². The Morgan fingerprint density at radius 3 is 2.40 bits per heavy atom.